The van der Waals surface area contributed by atoms with Gasteiger partial charge in [-0.05, 0) is 42.3 Å². The Bertz CT molecular complexity index is 1440. The normalized spacial score (nSPS) is 16.6. The molecule has 1 saturated heterocycles. The SMILES string of the molecule is COC(=O)c1ccc(C2CN(Cc3ncc[nH]3)CCN2Cc2c(OC)cc(C)c3c2ccn3C(=O)O)cc1. The molecule has 1 fully saturated rings. The number of carbonyl (C=O) groups excluding carboxylic acids is 1. The highest BCUT2D eigenvalue weighted by Gasteiger charge is 2.30. The lowest BCUT2D eigenvalue weighted by Crippen LogP contribution is -2.47. The summed E-state index contributed by atoms with van der Waals surface area (Å²) in [5.41, 5.74) is 4.04. The number of H-pyrrole nitrogens is 1. The highest BCUT2D eigenvalue weighted by atomic mass is 16.5. The molecule has 198 valence electrons. The molecule has 2 aromatic heterocycles. The molecule has 3 heterocycles. The second-order valence-electron chi connectivity index (χ2n) is 9.48. The predicted molar refractivity (Wildman–Crippen MR) is 141 cm³/mol. The van der Waals surface area contributed by atoms with Crippen molar-refractivity contribution in [3.63, 3.8) is 0 Å². The fraction of sp³-hybridized carbons (Fsp3) is 0.321. The van der Waals surface area contributed by atoms with Gasteiger partial charge in [-0.3, -0.25) is 14.4 Å². The summed E-state index contributed by atoms with van der Waals surface area (Å²) in [6, 6.07) is 11.3. The van der Waals surface area contributed by atoms with E-state index >= 15 is 0 Å². The summed E-state index contributed by atoms with van der Waals surface area (Å²) in [5.74, 6) is 1.28. The topological polar surface area (TPSA) is 113 Å². The molecule has 10 heteroatoms. The fourth-order valence-electron chi connectivity index (χ4n) is 5.35. The van der Waals surface area contributed by atoms with Crippen LogP contribution in [0, 0.1) is 6.92 Å². The largest absolute Gasteiger partial charge is 0.496 e. The van der Waals surface area contributed by atoms with E-state index in [0.717, 1.165) is 53.3 Å². The molecule has 0 bridgehead atoms. The molecule has 1 unspecified atom stereocenters. The summed E-state index contributed by atoms with van der Waals surface area (Å²) in [4.78, 5) is 36.2. The maximum absolute atomic E-state index is 12.0. The Kier molecular flexibility index (Phi) is 7.17. The van der Waals surface area contributed by atoms with Gasteiger partial charge in [-0.2, -0.15) is 0 Å². The van der Waals surface area contributed by atoms with Gasteiger partial charge in [-0.15, -0.1) is 0 Å². The molecule has 2 N–H and O–H groups in total. The Hall–Kier alpha value is -4.15. The summed E-state index contributed by atoms with van der Waals surface area (Å²) in [6.07, 6.45) is 4.15. The molecule has 1 atom stereocenters. The van der Waals surface area contributed by atoms with Gasteiger partial charge in [-0.25, -0.2) is 14.6 Å². The molecule has 0 aliphatic carbocycles. The van der Waals surface area contributed by atoms with Gasteiger partial charge in [0, 0.05) is 61.8 Å². The molecule has 5 rings (SSSR count). The van der Waals surface area contributed by atoms with Crippen molar-refractivity contribution in [3.05, 3.63) is 83.1 Å². The minimum atomic E-state index is -1.02. The predicted octanol–water partition coefficient (Wildman–Crippen LogP) is 4.05. The summed E-state index contributed by atoms with van der Waals surface area (Å²) in [6.45, 7) is 5.55. The lowest BCUT2D eigenvalue weighted by Gasteiger charge is -2.42. The smallest absolute Gasteiger partial charge is 0.416 e. The van der Waals surface area contributed by atoms with Gasteiger partial charge < -0.3 is 19.6 Å². The first-order valence-electron chi connectivity index (χ1n) is 12.4. The van der Waals surface area contributed by atoms with Crippen LogP contribution >= 0.6 is 0 Å². The van der Waals surface area contributed by atoms with E-state index in [4.69, 9.17) is 9.47 Å². The van der Waals surface area contributed by atoms with Crippen molar-refractivity contribution in [1.29, 1.82) is 0 Å². The highest BCUT2D eigenvalue weighted by molar-refractivity contribution is 5.94. The Morgan fingerprint density at radius 3 is 2.58 bits per heavy atom. The van der Waals surface area contributed by atoms with Crippen molar-refractivity contribution < 1.29 is 24.2 Å². The van der Waals surface area contributed by atoms with Gasteiger partial charge >= 0.3 is 12.1 Å². The number of aromatic nitrogens is 3. The minimum absolute atomic E-state index is 0.0213. The van der Waals surface area contributed by atoms with Crippen LogP contribution in [0.2, 0.25) is 0 Å². The Morgan fingerprint density at radius 1 is 1.13 bits per heavy atom. The summed E-state index contributed by atoms with van der Waals surface area (Å²) in [5, 5.41) is 10.6. The number of hydrogen-bond donors (Lipinski definition) is 2. The third-order valence-electron chi connectivity index (χ3n) is 7.24. The maximum Gasteiger partial charge on any atom is 0.416 e. The first-order valence-corrected chi connectivity index (χ1v) is 12.4. The van der Waals surface area contributed by atoms with Crippen molar-refractivity contribution >= 4 is 23.0 Å². The van der Waals surface area contributed by atoms with Crippen molar-refractivity contribution in [2.45, 2.75) is 26.1 Å². The van der Waals surface area contributed by atoms with Crippen LogP contribution in [0.1, 0.15) is 38.9 Å². The molecule has 2 aromatic carbocycles. The number of nitrogens with zero attached hydrogens (tertiary/aromatic N) is 4. The third-order valence-corrected chi connectivity index (χ3v) is 7.24. The molecule has 0 spiro atoms. The number of aryl methyl sites for hydroxylation is 1. The van der Waals surface area contributed by atoms with Crippen molar-refractivity contribution in [1.82, 2.24) is 24.3 Å². The van der Waals surface area contributed by atoms with E-state index in [2.05, 4.69) is 19.8 Å². The molecule has 0 radical (unpaired) electrons. The van der Waals surface area contributed by atoms with Crippen molar-refractivity contribution in [3.8, 4) is 5.75 Å². The van der Waals surface area contributed by atoms with Gasteiger partial charge in [-0.1, -0.05) is 12.1 Å². The average Bonchev–Trinajstić information content (AvgIpc) is 3.61. The summed E-state index contributed by atoms with van der Waals surface area (Å²) in [7, 11) is 3.02. The van der Waals surface area contributed by atoms with Crippen LogP contribution in [0.3, 0.4) is 0 Å². The number of imidazole rings is 1. The standard InChI is InChI=1S/C28H31N5O5/c1-18-14-24(37-2)22(21-8-11-33(26(18)21)28(35)36)15-32-13-12-31(17-25-29-9-10-30-25)16-23(32)19-4-6-20(7-5-19)27(34)38-3/h4-11,14,23H,12-13,15-17H2,1-3H3,(H,29,30)(H,35,36). The number of ether oxygens (including phenoxy) is 2. The Balaban J connectivity index is 1.51. The molecule has 1 aliphatic heterocycles. The number of carbonyl (C=O) groups is 2. The molecular formula is C28H31N5O5. The lowest BCUT2D eigenvalue weighted by molar-refractivity contribution is 0.0596. The Morgan fingerprint density at radius 2 is 1.92 bits per heavy atom. The van der Waals surface area contributed by atoms with Crippen LogP contribution in [0.5, 0.6) is 5.75 Å². The zero-order valence-electron chi connectivity index (χ0n) is 21.7. The second-order valence-corrected chi connectivity index (χ2v) is 9.48. The zero-order valence-corrected chi connectivity index (χ0v) is 21.7. The second kappa shape index (κ2) is 10.7. The van der Waals surface area contributed by atoms with Crippen LogP contribution in [-0.4, -0.2) is 75.4 Å². The minimum Gasteiger partial charge on any atom is -0.496 e. The molecule has 0 saturated carbocycles. The summed E-state index contributed by atoms with van der Waals surface area (Å²) >= 11 is 0. The number of hydrogen-bond acceptors (Lipinski definition) is 7. The van der Waals surface area contributed by atoms with Crippen LogP contribution in [0.15, 0.2) is 55.0 Å². The highest BCUT2D eigenvalue weighted by Crippen LogP contribution is 2.36. The molecule has 10 nitrogen and oxygen atoms in total. The molecule has 38 heavy (non-hydrogen) atoms. The Labute approximate surface area is 220 Å². The van der Waals surface area contributed by atoms with Crippen molar-refractivity contribution in [2.75, 3.05) is 33.9 Å². The molecular weight excluding hydrogens is 486 g/mol. The quantitative estimate of drug-likeness (QED) is 0.353. The average molecular weight is 518 g/mol. The number of aromatic amines is 1. The van der Waals surface area contributed by atoms with Crippen LogP contribution in [-0.2, 0) is 17.8 Å². The molecule has 0 amide bonds. The van der Waals surface area contributed by atoms with E-state index in [0.29, 0.717) is 24.2 Å². The van der Waals surface area contributed by atoms with E-state index in [1.807, 2.05) is 37.4 Å². The van der Waals surface area contributed by atoms with Crippen LogP contribution in [0.25, 0.3) is 10.9 Å². The van der Waals surface area contributed by atoms with E-state index in [1.165, 1.54) is 11.7 Å². The van der Waals surface area contributed by atoms with E-state index in [1.54, 1.807) is 31.6 Å². The van der Waals surface area contributed by atoms with Gasteiger partial charge in [0.25, 0.3) is 0 Å². The van der Waals surface area contributed by atoms with E-state index < -0.39 is 6.09 Å². The van der Waals surface area contributed by atoms with Gasteiger partial charge in [0.2, 0.25) is 0 Å². The number of methoxy groups -OCH3 is 2. The number of carboxylic acid groups (broad SMARTS) is 1. The van der Waals surface area contributed by atoms with Crippen LogP contribution < -0.4 is 4.74 Å². The first-order chi connectivity index (χ1) is 18.4. The van der Waals surface area contributed by atoms with Crippen LogP contribution in [0.4, 0.5) is 4.79 Å². The fourth-order valence-corrected chi connectivity index (χ4v) is 5.35. The molecule has 1 aliphatic rings. The number of fused-ring (bicyclic) bond motifs is 1. The zero-order chi connectivity index (χ0) is 26.8. The first kappa shape index (κ1) is 25.5. The monoisotopic (exact) mass is 517 g/mol. The number of rotatable bonds is 7. The number of esters is 1. The van der Waals surface area contributed by atoms with E-state index in [9.17, 15) is 14.7 Å². The summed E-state index contributed by atoms with van der Waals surface area (Å²) < 4.78 is 11.9. The van der Waals surface area contributed by atoms with Gasteiger partial charge in [0.05, 0.1) is 31.8 Å². The maximum atomic E-state index is 12.0. The lowest BCUT2D eigenvalue weighted by atomic mass is 9.98. The third kappa shape index (κ3) is 4.88. The number of benzene rings is 2. The number of piperazine rings is 1. The number of nitrogens with one attached hydrogen (secondary N) is 1. The van der Waals surface area contributed by atoms with Gasteiger partial charge in [0.15, 0.2) is 0 Å². The van der Waals surface area contributed by atoms with E-state index in [-0.39, 0.29) is 12.0 Å². The van der Waals surface area contributed by atoms with Crippen molar-refractivity contribution in [2.24, 2.45) is 0 Å². The molecule has 4 aromatic rings. The van der Waals surface area contributed by atoms with Gasteiger partial charge in [0.1, 0.15) is 11.6 Å².